The molecule has 1 nitrogen and oxygen atoms in total. The summed E-state index contributed by atoms with van der Waals surface area (Å²) in [7, 11) is 0. The molecule has 0 heterocycles. The van der Waals surface area contributed by atoms with Crippen LogP contribution in [0.2, 0.25) is 0 Å². The second-order valence-electron chi connectivity index (χ2n) is 2.99. The Labute approximate surface area is 77.0 Å². The molecule has 1 unspecified atom stereocenters. The maximum Gasteiger partial charge on any atom is 0.417 e. The third kappa shape index (κ3) is 3.73. The number of rotatable bonds is 3. The van der Waals surface area contributed by atoms with Crippen molar-refractivity contribution in [3.8, 4) is 0 Å². The van der Waals surface area contributed by atoms with Crippen LogP contribution in [0, 0.1) is 0 Å². The molecule has 0 amide bonds. The molecule has 0 saturated heterocycles. The molecule has 14 heavy (non-hydrogen) atoms. The maximum absolute atomic E-state index is 12.2. The molecule has 0 bridgehead atoms. The van der Waals surface area contributed by atoms with Crippen molar-refractivity contribution in [3.05, 3.63) is 0 Å². The molecule has 0 N–H and O–H groups in total. The van der Waals surface area contributed by atoms with Gasteiger partial charge >= 0.3 is 12.4 Å². The first-order chi connectivity index (χ1) is 6.02. The fourth-order valence-electron chi connectivity index (χ4n) is 0.625. The number of halogens is 6. The Hall–Kier alpha value is -0.460. The zero-order valence-electron chi connectivity index (χ0n) is 7.59. The number of ether oxygens (including phenoxy) is 1. The number of alkyl halides is 6. The van der Waals surface area contributed by atoms with Crippen LogP contribution in [-0.2, 0) is 4.74 Å². The summed E-state index contributed by atoms with van der Waals surface area (Å²) in [6.07, 6.45) is -10.1. The topological polar surface area (TPSA) is 9.23 Å². The standard InChI is InChI=1S/C7H10F6O/c1-3-5(2,7(11,12)13)14-4-6(8,9)10/h3-4H2,1-2H3. The van der Waals surface area contributed by atoms with Crippen molar-refractivity contribution in [1.29, 1.82) is 0 Å². The summed E-state index contributed by atoms with van der Waals surface area (Å²) < 4.78 is 75.3. The van der Waals surface area contributed by atoms with Gasteiger partial charge in [0.1, 0.15) is 6.61 Å². The molecule has 0 rings (SSSR count). The molecule has 86 valence electrons. The number of hydrogen-bond donors (Lipinski definition) is 0. The second kappa shape index (κ2) is 3.96. The van der Waals surface area contributed by atoms with E-state index in [0.29, 0.717) is 6.92 Å². The van der Waals surface area contributed by atoms with E-state index in [1.54, 1.807) is 0 Å². The number of hydrogen-bond acceptors (Lipinski definition) is 1. The molecule has 0 aromatic heterocycles. The maximum atomic E-state index is 12.2. The minimum atomic E-state index is -4.80. The summed E-state index contributed by atoms with van der Waals surface area (Å²) in [6.45, 7) is -0.181. The van der Waals surface area contributed by atoms with Crippen molar-refractivity contribution in [1.82, 2.24) is 0 Å². The third-order valence-electron chi connectivity index (χ3n) is 1.83. The van der Waals surface area contributed by atoms with Crippen LogP contribution in [-0.4, -0.2) is 24.6 Å². The minimum absolute atomic E-state index is 0.563. The smallest absolute Gasteiger partial charge is 0.356 e. The normalized spacial score (nSPS) is 18.0. The van der Waals surface area contributed by atoms with Gasteiger partial charge in [0.05, 0.1) is 0 Å². The summed E-state index contributed by atoms with van der Waals surface area (Å²) in [5, 5.41) is 0. The minimum Gasteiger partial charge on any atom is -0.356 e. The van der Waals surface area contributed by atoms with Gasteiger partial charge in [0, 0.05) is 0 Å². The Morgan fingerprint density at radius 2 is 1.43 bits per heavy atom. The van der Waals surface area contributed by atoms with Crippen LogP contribution < -0.4 is 0 Å². The van der Waals surface area contributed by atoms with Crippen LogP contribution in [0.25, 0.3) is 0 Å². The van der Waals surface area contributed by atoms with E-state index in [4.69, 9.17) is 0 Å². The average molecular weight is 224 g/mol. The van der Waals surface area contributed by atoms with Gasteiger partial charge in [0.2, 0.25) is 0 Å². The highest BCUT2D eigenvalue weighted by atomic mass is 19.4. The van der Waals surface area contributed by atoms with Crippen LogP contribution in [0.3, 0.4) is 0 Å². The van der Waals surface area contributed by atoms with E-state index in [1.807, 2.05) is 0 Å². The Balaban J connectivity index is 4.43. The molecule has 0 aromatic rings. The van der Waals surface area contributed by atoms with Crippen LogP contribution in [0.15, 0.2) is 0 Å². The predicted molar refractivity (Wildman–Crippen MR) is 36.8 cm³/mol. The van der Waals surface area contributed by atoms with E-state index >= 15 is 0 Å². The molecule has 7 heteroatoms. The monoisotopic (exact) mass is 224 g/mol. The van der Waals surface area contributed by atoms with Gasteiger partial charge in [-0.05, 0) is 13.3 Å². The average Bonchev–Trinajstić information content (AvgIpc) is 1.96. The molecular formula is C7H10F6O. The molecular weight excluding hydrogens is 214 g/mol. The summed E-state index contributed by atoms with van der Waals surface area (Å²) in [6, 6.07) is 0. The summed E-state index contributed by atoms with van der Waals surface area (Å²) in [5.74, 6) is 0. The molecule has 0 radical (unpaired) electrons. The van der Waals surface area contributed by atoms with E-state index in [-0.39, 0.29) is 0 Å². The summed E-state index contributed by atoms with van der Waals surface area (Å²) in [5.41, 5.74) is -2.73. The molecule has 0 spiro atoms. The zero-order chi connectivity index (χ0) is 11.6. The van der Waals surface area contributed by atoms with Crippen LogP contribution in [0.4, 0.5) is 26.3 Å². The lowest BCUT2D eigenvalue weighted by molar-refractivity contribution is -0.298. The highest BCUT2D eigenvalue weighted by Crippen LogP contribution is 2.37. The van der Waals surface area contributed by atoms with E-state index in [1.165, 1.54) is 0 Å². The van der Waals surface area contributed by atoms with E-state index < -0.39 is 31.0 Å². The van der Waals surface area contributed by atoms with Gasteiger partial charge in [0.15, 0.2) is 5.60 Å². The third-order valence-corrected chi connectivity index (χ3v) is 1.83. The van der Waals surface area contributed by atoms with Crippen molar-refractivity contribution in [2.75, 3.05) is 6.61 Å². The van der Waals surface area contributed by atoms with Gasteiger partial charge in [-0.15, -0.1) is 0 Å². The fourth-order valence-corrected chi connectivity index (χ4v) is 0.625. The Kier molecular flexibility index (Phi) is 3.83. The van der Waals surface area contributed by atoms with Gasteiger partial charge in [-0.1, -0.05) is 6.92 Å². The van der Waals surface area contributed by atoms with Crippen molar-refractivity contribution in [3.63, 3.8) is 0 Å². The van der Waals surface area contributed by atoms with Crippen LogP contribution in [0.5, 0.6) is 0 Å². The largest absolute Gasteiger partial charge is 0.417 e. The Bertz CT molecular complexity index is 184. The van der Waals surface area contributed by atoms with E-state index in [9.17, 15) is 26.3 Å². The lowest BCUT2D eigenvalue weighted by atomic mass is 10.0. The van der Waals surface area contributed by atoms with Gasteiger partial charge < -0.3 is 4.74 Å². The lowest BCUT2D eigenvalue weighted by Crippen LogP contribution is -2.46. The van der Waals surface area contributed by atoms with Crippen LogP contribution >= 0.6 is 0 Å². The zero-order valence-corrected chi connectivity index (χ0v) is 7.59. The van der Waals surface area contributed by atoms with E-state index in [2.05, 4.69) is 4.74 Å². The molecule has 0 aliphatic rings. The predicted octanol–water partition coefficient (Wildman–Crippen LogP) is 3.30. The van der Waals surface area contributed by atoms with Crippen LogP contribution in [0.1, 0.15) is 20.3 Å². The van der Waals surface area contributed by atoms with Gasteiger partial charge in [-0.25, -0.2) is 0 Å². The van der Waals surface area contributed by atoms with Crippen molar-refractivity contribution in [2.45, 2.75) is 38.2 Å². The second-order valence-corrected chi connectivity index (χ2v) is 2.99. The van der Waals surface area contributed by atoms with Crippen molar-refractivity contribution >= 4 is 0 Å². The first kappa shape index (κ1) is 13.5. The van der Waals surface area contributed by atoms with Crippen molar-refractivity contribution < 1.29 is 31.1 Å². The molecule has 1 atom stereocenters. The molecule has 0 fully saturated rings. The SMILES string of the molecule is CCC(C)(OCC(F)(F)F)C(F)(F)F. The molecule has 0 saturated carbocycles. The van der Waals surface area contributed by atoms with Gasteiger partial charge in [-0.2, -0.15) is 26.3 Å². The summed E-state index contributed by atoms with van der Waals surface area (Å²) in [4.78, 5) is 0. The highest BCUT2D eigenvalue weighted by molar-refractivity contribution is 4.82. The first-order valence-electron chi connectivity index (χ1n) is 3.79. The fraction of sp³-hybridized carbons (Fsp3) is 1.00. The highest BCUT2D eigenvalue weighted by Gasteiger charge is 2.52. The first-order valence-corrected chi connectivity index (χ1v) is 3.79. The summed E-state index contributed by atoms with van der Waals surface area (Å²) >= 11 is 0. The lowest BCUT2D eigenvalue weighted by Gasteiger charge is -2.31. The van der Waals surface area contributed by atoms with E-state index in [0.717, 1.165) is 6.92 Å². The quantitative estimate of drug-likeness (QED) is 0.668. The Morgan fingerprint density at radius 3 is 1.64 bits per heavy atom. The van der Waals surface area contributed by atoms with Gasteiger partial charge in [-0.3, -0.25) is 0 Å². The molecule has 0 aliphatic carbocycles. The Morgan fingerprint density at radius 1 is 1.00 bits per heavy atom. The van der Waals surface area contributed by atoms with Crippen molar-refractivity contribution in [2.24, 2.45) is 0 Å². The van der Waals surface area contributed by atoms with Gasteiger partial charge in [0.25, 0.3) is 0 Å². The molecule has 0 aliphatic heterocycles. The molecule has 0 aromatic carbocycles.